The van der Waals surface area contributed by atoms with Gasteiger partial charge in [0.15, 0.2) is 11.6 Å². The van der Waals surface area contributed by atoms with E-state index in [1.807, 2.05) is 4.90 Å². The van der Waals surface area contributed by atoms with Crippen LogP contribution in [0.2, 0.25) is 0 Å². The standard InChI is InChI=1S/C22H21F7N6O2/c1-11-30-19(37-33-11)34-8-12-2-3-13(9-34)15(12)7-18-31-20(35(32-18)10-21(24,25)26)36-14-4-5-17(23)16(6-14)22(27,28)29/h4-6,12-13,15H,2-3,7-10H2,1H3. The van der Waals surface area contributed by atoms with Gasteiger partial charge in [0.25, 0.3) is 0 Å². The number of fused-ring (bicyclic) bond motifs is 2. The monoisotopic (exact) mass is 534 g/mol. The van der Waals surface area contributed by atoms with Gasteiger partial charge in [-0.2, -0.15) is 41.4 Å². The van der Waals surface area contributed by atoms with Crippen LogP contribution in [-0.2, 0) is 19.1 Å². The van der Waals surface area contributed by atoms with Crippen LogP contribution in [-0.4, -0.2) is 44.2 Å². The van der Waals surface area contributed by atoms with E-state index < -0.39 is 42.0 Å². The summed E-state index contributed by atoms with van der Waals surface area (Å²) in [7, 11) is 0. The van der Waals surface area contributed by atoms with E-state index in [1.54, 1.807) is 6.92 Å². The average Bonchev–Trinajstić information content (AvgIpc) is 3.43. The number of aryl methyl sites for hydroxylation is 1. The summed E-state index contributed by atoms with van der Waals surface area (Å²) in [4.78, 5) is 10.3. The number of piperidine rings is 1. The van der Waals surface area contributed by atoms with Crippen molar-refractivity contribution in [3.63, 3.8) is 0 Å². The summed E-state index contributed by atoms with van der Waals surface area (Å²) in [6, 6.07) is 1.58. The van der Waals surface area contributed by atoms with Gasteiger partial charge in [0.2, 0.25) is 0 Å². The van der Waals surface area contributed by atoms with Crippen molar-refractivity contribution in [2.24, 2.45) is 17.8 Å². The van der Waals surface area contributed by atoms with Crippen molar-refractivity contribution in [2.45, 2.75) is 45.1 Å². The van der Waals surface area contributed by atoms with E-state index in [0.717, 1.165) is 18.9 Å². The highest BCUT2D eigenvalue weighted by atomic mass is 19.4. The smallest absolute Gasteiger partial charge is 0.419 e. The zero-order chi connectivity index (χ0) is 26.5. The Hall–Kier alpha value is -3.39. The van der Waals surface area contributed by atoms with Gasteiger partial charge in [-0.25, -0.2) is 9.07 Å². The molecule has 0 spiro atoms. The van der Waals surface area contributed by atoms with Gasteiger partial charge in [-0.15, -0.1) is 0 Å². The second-order valence-corrected chi connectivity index (χ2v) is 9.32. The molecule has 2 unspecified atom stereocenters. The Balaban J connectivity index is 1.36. The molecule has 3 aromatic rings. The van der Waals surface area contributed by atoms with Gasteiger partial charge < -0.3 is 14.2 Å². The predicted molar refractivity (Wildman–Crippen MR) is 112 cm³/mol. The summed E-state index contributed by atoms with van der Waals surface area (Å²) in [6.45, 7) is 1.42. The first-order valence-electron chi connectivity index (χ1n) is 11.5. The molecular formula is C22H21F7N6O2. The summed E-state index contributed by atoms with van der Waals surface area (Å²) in [5.41, 5.74) is -1.60. The van der Waals surface area contributed by atoms with E-state index in [4.69, 9.17) is 9.26 Å². The zero-order valence-electron chi connectivity index (χ0n) is 19.4. The fourth-order valence-electron chi connectivity index (χ4n) is 5.15. The van der Waals surface area contributed by atoms with Crippen LogP contribution in [0.3, 0.4) is 0 Å². The van der Waals surface area contributed by atoms with E-state index in [1.165, 1.54) is 0 Å². The molecule has 0 amide bonds. The number of ether oxygens (including phenoxy) is 1. The van der Waals surface area contributed by atoms with Crippen molar-refractivity contribution >= 4 is 6.01 Å². The minimum absolute atomic E-state index is 0.0810. The van der Waals surface area contributed by atoms with Gasteiger partial charge in [0.05, 0.1) is 5.56 Å². The minimum atomic E-state index is -5.01. The average molecular weight is 534 g/mol. The van der Waals surface area contributed by atoms with Crippen LogP contribution in [0.25, 0.3) is 0 Å². The lowest BCUT2D eigenvalue weighted by molar-refractivity contribution is -0.143. The molecule has 5 rings (SSSR count). The first-order valence-corrected chi connectivity index (χ1v) is 11.5. The number of alkyl halides is 6. The number of aromatic nitrogens is 5. The molecule has 1 aliphatic carbocycles. The van der Waals surface area contributed by atoms with Gasteiger partial charge in [0, 0.05) is 19.5 Å². The highest BCUT2D eigenvalue weighted by Gasteiger charge is 2.44. The molecule has 2 atom stereocenters. The Morgan fingerprint density at radius 1 is 1.05 bits per heavy atom. The van der Waals surface area contributed by atoms with Gasteiger partial charge in [-0.05, 0) is 55.7 Å². The molecule has 2 aliphatic rings. The highest BCUT2D eigenvalue weighted by molar-refractivity contribution is 5.33. The molecule has 1 aliphatic heterocycles. The van der Waals surface area contributed by atoms with Crippen molar-refractivity contribution in [3.8, 4) is 11.8 Å². The molecule has 2 bridgehead atoms. The van der Waals surface area contributed by atoms with E-state index >= 15 is 0 Å². The lowest BCUT2D eigenvalue weighted by Crippen LogP contribution is -2.43. The van der Waals surface area contributed by atoms with Crippen LogP contribution in [0.15, 0.2) is 22.7 Å². The fourth-order valence-corrected chi connectivity index (χ4v) is 5.15. The van der Waals surface area contributed by atoms with E-state index in [9.17, 15) is 30.7 Å². The number of nitrogens with zero attached hydrogens (tertiary/aromatic N) is 6. The molecule has 8 nitrogen and oxygen atoms in total. The number of benzene rings is 1. The maximum absolute atomic E-state index is 13.6. The summed E-state index contributed by atoms with van der Waals surface area (Å²) in [6.07, 6.45) is -7.62. The summed E-state index contributed by atoms with van der Waals surface area (Å²) >= 11 is 0. The van der Waals surface area contributed by atoms with Crippen molar-refractivity contribution in [2.75, 3.05) is 18.0 Å². The van der Waals surface area contributed by atoms with Gasteiger partial charge in [0.1, 0.15) is 18.1 Å². The lowest BCUT2D eigenvalue weighted by Gasteiger charge is -2.36. The third-order valence-corrected chi connectivity index (χ3v) is 6.70. The molecule has 1 aromatic carbocycles. The van der Waals surface area contributed by atoms with Crippen LogP contribution in [0.4, 0.5) is 36.7 Å². The zero-order valence-corrected chi connectivity index (χ0v) is 19.4. The Labute approximate surface area is 205 Å². The molecule has 0 N–H and O–H groups in total. The Morgan fingerprint density at radius 2 is 1.76 bits per heavy atom. The van der Waals surface area contributed by atoms with Crippen molar-refractivity contribution < 1.29 is 40.0 Å². The predicted octanol–water partition coefficient (Wildman–Crippen LogP) is 5.19. The molecule has 37 heavy (non-hydrogen) atoms. The maximum atomic E-state index is 13.6. The van der Waals surface area contributed by atoms with Crippen molar-refractivity contribution in [3.05, 3.63) is 41.2 Å². The van der Waals surface area contributed by atoms with Gasteiger partial charge >= 0.3 is 24.4 Å². The second-order valence-electron chi connectivity index (χ2n) is 9.32. The molecule has 3 heterocycles. The first kappa shape index (κ1) is 25.3. The summed E-state index contributed by atoms with van der Waals surface area (Å²) in [5.74, 6) is -0.986. The van der Waals surface area contributed by atoms with E-state index in [0.29, 0.717) is 41.7 Å². The Morgan fingerprint density at radius 3 is 2.35 bits per heavy atom. The summed E-state index contributed by atoms with van der Waals surface area (Å²) < 4.78 is 103. The van der Waals surface area contributed by atoms with Crippen LogP contribution in [0, 0.1) is 30.5 Å². The Kier molecular flexibility index (Phi) is 6.26. The maximum Gasteiger partial charge on any atom is 0.419 e. The Bertz CT molecular complexity index is 1260. The third kappa shape index (κ3) is 5.49. The quantitative estimate of drug-likeness (QED) is 0.403. The molecule has 2 aromatic heterocycles. The number of anilines is 1. The SMILES string of the molecule is Cc1noc(N2CC3CCC(C2)C3Cc2nc(Oc3ccc(F)c(C(F)(F)F)c3)n(CC(F)(F)F)n2)n1. The number of hydrogen-bond acceptors (Lipinski definition) is 7. The molecule has 200 valence electrons. The van der Waals surface area contributed by atoms with Gasteiger partial charge in [-0.3, -0.25) is 0 Å². The van der Waals surface area contributed by atoms with Crippen molar-refractivity contribution in [1.29, 1.82) is 0 Å². The van der Waals surface area contributed by atoms with E-state index in [2.05, 4.69) is 20.2 Å². The summed E-state index contributed by atoms with van der Waals surface area (Å²) in [5, 5.41) is 7.77. The molecule has 1 saturated carbocycles. The van der Waals surface area contributed by atoms with Gasteiger partial charge in [-0.1, -0.05) is 5.16 Å². The topological polar surface area (TPSA) is 82.1 Å². The van der Waals surface area contributed by atoms with Crippen LogP contribution < -0.4 is 9.64 Å². The largest absolute Gasteiger partial charge is 0.424 e. The molecule has 2 fully saturated rings. The first-order chi connectivity index (χ1) is 17.4. The molecule has 0 radical (unpaired) electrons. The number of halogens is 7. The van der Waals surface area contributed by atoms with Crippen molar-refractivity contribution in [1.82, 2.24) is 24.9 Å². The van der Waals surface area contributed by atoms with E-state index in [-0.39, 0.29) is 30.0 Å². The third-order valence-electron chi connectivity index (χ3n) is 6.70. The number of hydrogen-bond donors (Lipinski definition) is 0. The molecule has 15 heteroatoms. The minimum Gasteiger partial charge on any atom is -0.424 e. The highest BCUT2D eigenvalue weighted by Crippen LogP contribution is 2.44. The molecule has 1 saturated heterocycles. The second kappa shape index (κ2) is 9.17. The number of rotatable bonds is 6. The van der Waals surface area contributed by atoms with Crippen LogP contribution >= 0.6 is 0 Å². The van der Waals surface area contributed by atoms with Crippen LogP contribution in [0.5, 0.6) is 11.8 Å². The fraction of sp³-hybridized carbons (Fsp3) is 0.545. The van der Waals surface area contributed by atoms with Crippen LogP contribution in [0.1, 0.15) is 30.1 Å². The lowest BCUT2D eigenvalue weighted by atomic mass is 9.82. The molecular weight excluding hydrogens is 513 g/mol. The normalized spacial score (nSPS) is 22.1.